The lowest BCUT2D eigenvalue weighted by Gasteiger charge is -2.29. The van der Waals surface area contributed by atoms with Crippen LogP contribution in [0.25, 0.3) is 11.3 Å². The van der Waals surface area contributed by atoms with Crippen molar-refractivity contribution in [2.75, 3.05) is 11.5 Å². The molecule has 1 aliphatic heterocycles. The van der Waals surface area contributed by atoms with Gasteiger partial charge in [0.05, 0.1) is 30.7 Å². The molecule has 164 valence electrons. The summed E-state index contributed by atoms with van der Waals surface area (Å²) >= 11 is 7.55. The van der Waals surface area contributed by atoms with Crippen LogP contribution in [-0.2, 0) is 9.59 Å². The van der Waals surface area contributed by atoms with E-state index in [9.17, 15) is 19.8 Å². The van der Waals surface area contributed by atoms with Gasteiger partial charge in [0.2, 0.25) is 5.91 Å². The van der Waals surface area contributed by atoms with Crippen LogP contribution in [-0.4, -0.2) is 39.7 Å². The highest BCUT2D eigenvalue weighted by molar-refractivity contribution is 7.14. The van der Waals surface area contributed by atoms with Crippen molar-refractivity contribution in [2.45, 2.75) is 18.4 Å². The number of hydrogen-bond acceptors (Lipinski definition) is 5. The molecular formula is C24H21ClN2O4S. The molecule has 0 saturated heterocycles. The number of aliphatic carboxylic acids is 1. The first-order valence-corrected chi connectivity index (χ1v) is 11.3. The standard InChI is InChI=1S/C24H21ClN2O4S/c25-20-9-5-4-8-18(20)21-14-32-24(26-21)27-16(13-28)10-11-17(15-6-2-1-3-7-15)19(23(27)31)12-22(29)30/h1-11,14,16-17,19,28H,12-13H2,(H,29,30)/t16-,17+,19-/m0/s1. The number of hydrogen-bond donors (Lipinski definition) is 2. The van der Waals surface area contributed by atoms with E-state index in [1.807, 2.05) is 54.6 Å². The maximum atomic E-state index is 13.7. The monoisotopic (exact) mass is 468 g/mol. The number of allylic oxidation sites excluding steroid dienone is 1. The molecule has 1 aromatic heterocycles. The number of carboxylic acid groups (broad SMARTS) is 1. The zero-order chi connectivity index (χ0) is 22.7. The predicted octanol–water partition coefficient (Wildman–Crippen LogP) is 4.60. The molecule has 2 N–H and O–H groups in total. The Bertz CT molecular complexity index is 1150. The van der Waals surface area contributed by atoms with E-state index in [-0.39, 0.29) is 18.9 Å². The summed E-state index contributed by atoms with van der Waals surface area (Å²) in [6.07, 6.45) is 3.25. The van der Waals surface area contributed by atoms with Gasteiger partial charge in [-0.05, 0) is 11.6 Å². The predicted molar refractivity (Wildman–Crippen MR) is 125 cm³/mol. The molecule has 2 aromatic carbocycles. The highest BCUT2D eigenvalue weighted by Crippen LogP contribution is 2.38. The van der Waals surface area contributed by atoms with Gasteiger partial charge in [0, 0.05) is 21.9 Å². The first-order valence-electron chi connectivity index (χ1n) is 10.1. The van der Waals surface area contributed by atoms with E-state index in [0.717, 1.165) is 11.1 Å². The Hall–Kier alpha value is -3.00. The van der Waals surface area contributed by atoms with Gasteiger partial charge in [-0.3, -0.25) is 14.5 Å². The summed E-state index contributed by atoms with van der Waals surface area (Å²) in [5.74, 6) is -2.71. The number of aromatic nitrogens is 1. The number of aliphatic hydroxyl groups excluding tert-OH is 1. The normalized spacial score (nSPS) is 20.9. The minimum Gasteiger partial charge on any atom is -0.481 e. The number of carboxylic acids is 1. The summed E-state index contributed by atoms with van der Waals surface area (Å²) in [6.45, 7) is -0.315. The molecule has 8 heteroatoms. The molecule has 3 atom stereocenters. The lowest BCUT2D eigenvalue weighted by Crippen LogP contribution is -2.45. The number of halogens is 1. The van der Waals surface area contributed by atoms with Gasteiger partial charge in [0.15, 0.2) is 5.13 Å². The molecule has 4 rings (SSSR count). The van der Waals surface area contributed by atoms with Crippen LogP contribution < -0.4 is 4.90 Å². The van der Waals surface area contributed by atoms with Crippen molar-refractivity contribution in [3.05, 3.63) is 82.7 Å². The maximum Gasteiger partial charge on any atom is 0.304 e. The zero-order valence-corrected chi connectivity index (χ0v) is 18.5. The summed E-state index contributed by atoms with van der Waals surface area (Å²) in [5, 5.41) is 22.3. The van der Waals surface area contributed by atoms with Gasteiger partial charge in [-0.25, -0.2) is 4.98 Å². The smallest absolute Gasteiger partial charge is 0.304 e. The number of anilines is 1. The molecule has 0 spiro atoms. The third-order valence-corrected chi connectivity index (χ3v) is 6.64. The van der Waals surface area contributed by atoms with Crippen LogP contribution in [0.4, 0.5) is 5.13 Å². The lowest BCUT2D eigenvalue weighted by atomic mass is 9.83. The van der Waals surface area contributed by atoms with Gasteiger partial charge in [-0.15, -0.1) is 11.3 Å². The van der Waals surface area contributed by atoms with Crippen molar-refractivity contribution in [3.8, 4) is 11.3 Å². The van der Waals surface area contributed by atoms with E-state index in [4.69, 9.17) is 11.6 Å². The van der Waals surface area contributed by atoms with E-state index >= 15 is 0 Å². The number of carbonyl (C=O) groups excluding carboxylic acids is 1. The van der Waals surface area contributed by atoms with Crippen molar-refractivity contribution in [2.24, 2.45) is 5.92 Å². The van der Waals surface area contributed by atoms with Gasteiger partial charge in [-0.1, -0.05) is 72.3 Å². The maximum absolute atomic E-state index is 13.7. The number of thiazole rings is 1. The SMILES string of the molecule is O=C(O)C[C@@H]1C(=O)N(c2nc(-c3ccccc3Cl)cs2)[C@H](CO)C=C[C@@H]1c1ccccc1. The molecule has 0 aliphatic carbocycles. The van der Waals surface area contributed by atoms with Gasteiger partial charge < -0.3 is 10.2 Å². The van der Waals surface area contributed by atoms with Crippen molar-refractivity contribution < 1.29 is 19.8 Å². The largest absolute Gasteiger partial charge is 0.481 e. The van der Waals surface area contributed by atoms with Crippen LogP contribution >= 0.6 is 22.9 Å². The van der Waals surface area contributed by atoms with E-state index in [1.54, 1.807) is 17.5 Å². The molecule has 0 radical (unpaired) electrons. The Morgan fingerprint density at radius 1 is 1.09 bits per heavy atom. The molecule has 0 bridgehead atoms. The van der Waals surface area contributed by atoms with Gasteiger partial charge in [0.25, 0.3) is 0 Å². The molecule has 1 amide bonds. The van der Waals surface area contributed by atoms with Gasteiger partial charge in [-0.2, -0.15) is 0 Å². The number of amides is 1. The molecule has 0 fully saturated rings. The number of aliphatic hydroxyl groups is 1. The van der Waals surface area contributed by atoms with Crippen LogP contribution in [0.3, 0.4) is 0 Å². The molecule has 6 nitrogen and oxygen atoms in total. The first kappa shape index (κ1) is 22.2. The van der Waals surface area contributed by atoms with Crippen LogP contribution in [0.5, 0.6) is 0 Å². The van der Waals surface area contributed by atoms with Crippen LogP contribution in [0.2, 0.25) is 5.02 Å². The van der Waals surface area contributed by atoms with Crippen molar-refractivity contribution >= 4 is 39.9 Å². The number of carbonyl (C=O) groups is 2. The molecule has 0 unspecified atom stereocenters. The third-order valence-electron chi connectivity index (χ3n) is 5.47. The van der Waals surface area contributed by atoms with Gasteiger partial charge >= 0.3 is 5.97 Å². The Labute approximate surface area is 194 Å². The highest BCUT2D eigenvalue weighted by atomic mass is 35.5. The summed E-state index contributed by atoms with van der Waals surface area (Å²) < 4.78 is 0. The summed E-state index contributed by atoms with van der Waals surface area (Å²) in [5.41, 5.74) is 2.19. The Kier molecular flexibility index (Phi) is 6.69. The minimum absolute atomic E-state index is 0.315. The summed E-state index contributed by atoms with van der Waals surface area (Å²) in [6, 6.07) is 16.0. The van der Waals surface area contributed by atoms with Crippen molar-refractivity contribution in [3.63, 3.8) is 0 Å². The number of nitrogens with zero attached hydrogens (tertiary/aromatic N) is 2. The lowest BCUT2D eigenvalue weighted by molar-refractivity contribution is -0.140. The van der Waals surface area contributed by atoms with E-state index < -0.39 is 23.8 Å². The zero-order valence-electron chi connectivity index (χ0n) is 17.0. The second-order valence-electron chi connectivity index (χ2n) is 7.48. The average Bonchev–Trinajstić information content (AvgIpc) is 3.22. The van der Waals surface area contributed by atoms with Crippen LogP contribution in [0, 0.1) is 5.92 Å². The van der Waals surface area contributed by atoms with E-state index in [1.165, 1.54) is 16.2 Å². The Morgan fingerprint density at radius 3 is 2.50 bits per heavy atom. The molecule has 0 saturated carbocycles. The molecule has 32 heavy (non-hydrogen) atoms. The summed E-state index contributed by atoms with van der Waals surface area (Å²) in [7, 11) is 0. The van der Waals surface area contributed by atoms with Crippen LogP contribution in [0.15, 0.2) is 72.1 Å². The molecule has 2 heterocycles. The topological polar surface area (TPSA) is 90.7 Å². The Morgan fingerprint density at radius 2 is 1.81 bits per heavy atom. The average molecular weight is 469 g/mol. The Balaban J connectivity index is 1.75. The molecule has 3 aromatic rings. The van der Waals surface area contributed by atoms with Gasteiger partial charge in [0.1, 0.15) is 0 Å². The van der Waals surface area contributed by atoms with E-state index in [2.05, 4.69) is 4.98 Å². The minimum atomic E-state index is -1.06. The fraction of sp³-hybridized carbons (Fsp3) is 0.208. The molecular weight excluding hydrogens is 448 g/mol. The van der Waals surface area contributed by atoms with E-state index in [0.29, 0.717) is 15.8 Å². The second kappa shape index (κ2) is 9.65. The molecule has 1 aliphatic rings. The first-order chi connectivity index (χ1) is 15.5. The van der Waals surface area contributed by atoms with Crippen LogP contribution in [0.1, 0.15) is 17.9 Å². The number of benzene rings is 2. The quantitative estimate of drug-likeness (QED) is 0.516. The van der Waals surface area contributed by atoms with Crippen molar-refractivity contribution in [1.82, 2.24) is 4.98 Å². The summed E-state index contributed by atoms with van der Waals surface area (Å²) in [4.78, 5) is 31.4. The third kappa shape index (κ3) is 4.46. The highest BCUT2D eigenvalue weighted by Gasteiger charge is 2.39. The number of rotatable bonds is 6. The van der Waals surface area contributed by atoms with Crippen molar-refractivity contribution in [1.29, 1.82) is 0 Å². The second-order valence-corrected chi connectivity index (χ2v) is 8.72. The fourth-order valence-corrected chi connectivity index (χ4v) is 5.05. The fourth-order valence-electron chi connectivity index (χ4n) is 3.93.